The maximum absolute atomic E-state index is 5.31. The molecule has 0 aromatic rings. The zero-order valence-corrected chi connectivity index (χ0v) is 6.68. The molecule has 2 rings (SSSR count). The van der Waals surface area contributed by atoms with E-state index in [-0.39, 0.29) is 0 Å². The van der Waals surface area contributed by atoms with E-state index >= 15 is 0 Å². The van der Waals surface area contributed by atoms with Gasteiger partial charge in [0, 0.05) is 13.2 Å². The number of hydrogen-bond acceptors (Lipinski definition) is 1. The Kier molecular flexibility index (Phi) is 1.69. The Hall–Kier alpha value is -0.0400. The number of rotatable bonds is 1. The molecule has 0 amide bonds. The lowest BCUT2D eigenvalue weighted by Gasteiger charge is -2.21. The highest BCUT2D eigenvalue weighted by atomic mass is 16.5. The minimum absolute atomic E-state index is 1.02. The average Bonchev–Trinajstić information content (AvgIpc) is 2.69. The van der Waals surface area contributed by atoms with E-state index in [1.165, 1.54) is 19.3 Å². The van der Waals surface area contributed by atoms with Gasteiger partial charge in [-0.3, -0.25) is 0 Å². The smallest absolute Gasteiger partial charge is 0.0468 e. The summed E-state index contributed by atoms with van der Waals surface area (Å²) in [5.74, 6) is 3.12. The summed E-state index contributed by atoms with van der Waals surface area (Å²) in [6.45, 7) is 4.42. The van der Waals surface area contributed by atoms with E-state index in [2.05, 4.69) is 6.92 Å². The number of ether oxygens (including phenoxy) is 1. The lowest BCUT2D eigenvalue weighted by molar-refractivity contribution is 0.0585. The van der Waals surface area contributed by atoms with Crippen molar-refractivity contribution in [2.75, 3.05) is 13.2 Å². The highest BCUT2D eigenvalue weighted by Crippen LogP contribution is 2.47. The van der Waals surface area contributed by atoms with E-state index in [0.717, 1.165) is 31.0 Å². The Balaban J connectivity index is 1.81. The molecule has 2 unspecified atom stereocenters. The Morgan fingerprint density at radius 2 is 1.80 bits per heavy atom. The van der Waals surface area contributed by atoms with Crippen molar-refractivity contribution in [1.29, 1.82) is 0 Å². The third-order valence-electron chi connectivity index (χ3n) is 3.04. The van der Waals surface area contributed by atoms with Gasteiger partial charge in [0.15, 0.2) is 0 Å². The van der Waals surface area contributed by atoms with Crippen molar-refractivity contribution in [2.45, 2.75) is 26.2 Å². The third kappa shape index (κ3) is 1.20. The normalized spacial score (nSPS) is 41.7. The molecule has 0 spiro atoms. The minimum Gasteiger partial charge on any atom is -0.381 e. The van der Waals surface area contributed by atoms with Crippen molar-refractivity contribution >= 4 is 0 Å². The Bertz CT molecular complexity index is 116. The van der Waals surface area contributed by atoms with Crippen LogP contribution in [0, 0.1) is 17.8 Å². The molecule has 0 bridgehead atoms. The fourth-order valence-corrected chi connectivity index (χ4v) is 2.15. The molecule has 10 heavy (non-hydrogen) atoms. The van der Waals surface area contributed by atoms with E-state index in [1.54, 1.807) is 0 Å². The van der Waals surface area contributed by atoms with Crippen LogP contribution < -0.4 is 0 Å². The van der Waals surface area contributed by atoms with Gasteiger partial charge in [0.25, 0.3) is 0 Å². The molecule has 1 aliphatic carbocycles. The summed E-state index contributed by atoms with van der Waals surface area (Å²) >= 11 is 0. The highest BCUT2D eigenvalue weighted by molar-refractivity contribution is 4.88. The fourth-order valence-electron chi connectivity index (χ4n) is 2.15. The maximum Gasteiger partial charge on any atom is 0.0468 e. The molecule has 0 radical (unpaired) electrons. The molecule has 1 saturated carbocycles. The van der Waals surface area contributed by atoms with Gasteiger partial charge in [-0.05, 0) is 37.0 Å². The molecule has 58 valence electrons. The first-order chi connectivity index (χ1) is 4.88. The Morgan fingerprint density at radius 3 is 2.30 bits per heavy atom. The molecular weight excluding hydrogens is 124 g/mol. The van der Waals surface area contributed by atoms with Crippen LogP contribution in [-0.2, 0) is 4.74 Å². The zero-order valence-electron chi connectivity index (χ0n) is 6.68. The summed E-state index contributed by atoms with van der Waals surface area (Å²) in [6, 6.07) is 0. The first-order valence-corrected chi connectivity index (χ1v) is 4.45. The van der Waals surface area contributed by atoms with Gasteiger partial charge in [0.05, 0.1) is 0 Å². The van der Waals surface area contributed by atoms with Crippen LogP contribution in [0.25, 0.3) is 0 Å². The lowest BCUT2D eigenvalue weighted by Crippen LogP contribution is -2.17. The van der Waals surface area contributed by atoms with Gasteiger partial charge in [-0.2, -0.15) is 0 Å². The van der Waals surface area contributed by atoms with Crippen molar-refractivity contribution in [3.05, 3.63) is 0 Å². The van der Waals surface area contributed by atoms with Crippen molar-refractivity contribution < 1.29 is 4.74 Å². The molecule has 1 nitrogen and oxygen atoms in total. The van der Waals surface area contributed by atoms with Crippen LogP contribution in [0.2, 0.25) is 0 Å². The third-order valence-corrected chi connectivity index (χ3v) is 3.04. The molecule has 0 aromatic heterocycles. The summed E-state index contributed by atoms with van der Waals surface area (Å²) in [6.07, 6.45) is 4.15. The van der Waals surface area contributed by atoms with E-state index < -0.39 is 0 Å². The monoisotopic (exact) mass is 140 g/mol. The zero-order chi connectivity index (χ0) is 6.97. The molecule has 2 aliphatic rings. The van der Waals surface area contributed by atoms with Crippen LogP contribution in [0.3, 0.4) is 0 Å². The molecule has 1 aliphatic heterocycles. The largest absolute Gasteiger partial charge is 0.381 e. The molecule has 2 atom stereocenters. The van der Waals surface area contributed by atoms with Crippen molar-refractivity contribution in [3.63, 3.8) is 0 Å². The minimum atomic E-state index is 1.02. The summed E-state index contributed by atoms with van der Waals surface area (Å²) in [7, 11) is 0. The summed E-state index contributed by atoms with van der Waals surface area (Å²) in [5, 5.41) is 0. The topological polar surface area (TPSA) is 9.23 Å². The SMILES string of the molecule is CC1CC1C1CCOCC1. The van der Waals surface area contributed by atoms with Gasteiger partial charge in [-0.25, -0.2) is 0 Å². The van der Waals surface area contributed by atoms with Crippen molar-refractivity contribution in [1.82, 2.24) is 0 Å². The van der Waals surface area contributed by atoms with Gasteiger partial charge >= 0.3 is 0 Å². The van der Waals surface area contributed by atoms with Crippen molar-refractivity contribution in [2.24, 2.45) is 17.8 Å². The van der Waals surface area contributed by atoms with E-state index in [1.807, 2.05) is 0 Å². The summed E-state index contributed by atoms with van der Waals surface area (Å²) in [5.41, 5.74) is 0. The van der Waals surface area contributed by atoms with Crippen LogP contribution in [0.15, 0.2) is 0 Å². The van der Waals surface area contributed by atoms with E-state index in [9.17, 15) is 0 Å². The molecule has 1 saturated heterocycles. The van der Waals surface area contributed by atoms with Crippen LogP contribution in [0.4, 0.5) is 0 Å². The highest BCUT2D eigenvalue weighted by Gasteiger charge is 2.39. The standard InChI is InChI=1S/C9H16O/c1-7-6-9(7)8-2-4-10-5-3-8/h7-9H,2-6H2,1H3. The Morgan fingerprint density at radius 1 is 1.20 bits per heavy atom. The Labute approximate surface area is 62.8 Å². The first-order valence-electron chi connectivity index (χ1n) is 4.45. The molecule has 2 fully saturated rings. The molecule has 0 aromatic carbocycles. The second-order valence-corrected chi connectivity index (χ2v) is 3.83. The van der Waals surface area contributed by atoms with E-state index in [0.29, 0.717) is 0 Å². The molecule has 1 heteroatoms. The van der Waals surface area contributed by atoms with Gasteiger partial charge in [0.1, 0.15) is 0 Å². The summed E-state index contributed by atoms with van der Waals surface area (Å²) in [4.78, 5) is 0. The van der Waals surface area contributed by atoms with Crippen LogP contribution in [0.5, 0.6) is 0 Å². The average molecular weight is 140 g/mol. The van der Waals surface area contributed by atoms with Gasteiger partial charge in [-0.15, -0.1) is 0 Å². The lowest BCUT2D eigenvalue weighted by atomic mass is 9.94. The van der Waals surface area contributed by atoms with Crippen LogP contribution >= 0.6 is 0 Å². The fraction of sp³-hybridized carbons (Fsp3) is 1.00. The van der Waals surface area contributed by atoms with Crippen LogP contribution in [-0.4, -0.2) is 13.2 Å². The maximum atomic E-state index is 5.31. The first kappa shape index (κ1) is 6.66. The quantitative estimate of drug-likeness (QED) is 0.541. The van der Waals surface area contributed by atoms with Crippen molar-refractivity contribution in [3.8, 4) is 0 Å². The summed E-state index contributed by atoms with van der Waals surface area (Å²) < 4.78 is 5.31. The van der Waals surface area contributed by atoms with E-state index in [4.69, 9.17) is 4.74 Å². The second-order valence-electron chi connectivity index (χ2n) is 3.83. The molecule has 1 heterocycles. The molecular formula is C9H16O. The van der Waals surface area contributed by atoms with Crippen LogP contribution in [0.1, 0.15) is 26.2 Å². The second kappa shape index (κ2) is 2.54. The number of hydrogen-bond donors (Lipinski definition) is 0. The van der Waals surface area contributed by atoms with Gasteiger partial charge in [-0.1, -0.05) is 6.92 Å². The predicted molar refractivity (Wildman–Crippen MR) is 40.8 cm³/mol. The molecule has 0 N–H and O–H groups in total. The van der Waals surface area contributed by atoms with Gasteiger partial charge in [0.2, 0.25) is 0 Å². The predicted octanol–water partition coefficient (Wildman–Crippen LogP) is 2.07. The van der Waals surface area contributed by atoms with Gasteiger partial charge < -0.3 is 4.74 Å².